The fourth-order valence-corrected chi connectivity index (χ4v) is 6.01. The Labute approximate surface area is 245 Å². The van der Waals surface area contributed by atoms with Gasteiger partial charge in [0, 0.05) is 43.8 Å². The number of para-hydroxylation sites is 2. The van der Waals surface area contributed by atoms with Crippen LogP contribution in [0.4, 0.5) is 8.78 Å². The second-order valence-corrected chi connectivity index (χ2v) is 11.1. The van der Waals surface area contributed by atoms with Crippen molar-refractivity contribution in [3.63, 3.8) is 0 Å². The van der Waals surface area contributed by atoms with Crippen LogP contribution in [0.1, 0.15) is 48.2 Å². The zero-order valence-electron chi connectivity index (χ0n) is 22.9. The van der Waals surface area contributed by atoms with Gasteiger partial charge in [0.1, 0.15) is 11.5 Å². The number of hydrogen-bond acceptors (Lipinski definition) is 4. The molecule has 8 nitrogen and oxygen atoms in total. The van der Waals surface area contributed by atoms with Crippen LogP contribution in [0.25, 0.3) is 28.1 Å². The molecule has 11 heteroatoms. The first-order chi connectivity index (χ1) is 20.3. The minimum Gasteiger partial charge on any atom is -0.349 e. The first-order valence-electron chi connectivity index (χ1n) is 13.8. The van der Waals surface area contributed by atoms with E-state index >= 15 is 0 Å². The van der Waals surface area contributed by atoms with Crippen molar-refractivity contribution >= 4 is 28.5 Å². The van der Waals surface area contributed by atoms with Crippen LogP contribution in [0.3, 0.4) is 0 Å². The quantitative estimate of drug-likeness (QED) is 0.246. The van der Waals surface area contributed by atoms with Crippen molar-refractivity contribution in [1.82, 2.24) is 29.0 Å². The number of carbonyl (C=O) groups excluding carboxylic acids is 1. The summed E-state index contributed by atoms with van der Waals surface area (Å²) in [6.07, 6.45) is 4.80. The van der Waals surface area contributed by atoms with Gasteiger partial charge in [0.15, 0.2) is 0 Å². The van der Waals surface area contributed by atoms with E-state index in [0.29, 0.717) is 19.4 Å². The number of aromatic nitrogens is 5. The van der Waals surface area contributed by atoms with Gasteiger partial charge in [-0.1, -0.05) is 23.7 Å². The first-order valence-corrected chi connectivity index (χ1v) is 14.2. The first kappa shape index (κ1) is 27.8. The van der Waals surface area contributed by atoms with Gasteiger partial charge in [0.25, 0.3) is 12.3 Å². The Morgan fingerprint density at radius 3 is 2.43 bits per heavy atom. The van der Waals surface area contributed by atoms with E-state index in [1.807, 2.05) is 70.9 Å². The van der Waals surface area contributed by atoms with Crippen LogP contribution in [0.15, 0.2) is 78.0 Å². The van der Waals surface area contributed by atoms with Crippen LogP contribution in [-0.2, 0) is 13.6 Å². The molecule has 1 amide bonds. The molecule has 42 heavy (non-hydrogen) atoms. The maximum atomic E-state index is 13.8. The molecule has 0 spiro atoms. The standard InChI is InChI=1S/C31H29ClF2N6O2/c1-38-15-14-35-29(38)20-8-12-23(13-9-20)40-26-5-3-2-4-25(26)39(31(40)42)18-19-6-10-22(11-7-19)37-30(41)24-16-21(32)17-36-27(24)28(33)34/h2-5,8-9,12-17,19,22,28H,6-7,10-11,18H2,1H3,(H,37,41)/t19-,22-. The lowest BCUT2D eigenvalue weighted by Gasteiger charge is -2.29. The maximum absolute atomic E-state index is 13.8. The molecule has 5 aromatic rings. The zero-order chi connectivity index (χ0) is 29.4. The number of fused-ring (bicyclic) bond motifs is 1. The van der Waals surface area contributed by atoms with E-state index in [1.165, 1.54) is 6.07 Å². The molecule has 6 rings (SSSR count). The van der Waals surface area contributed by atoms with E-state index in [9.17, 15) is 18.4 Å². The van der Waals surface area contributed by atoms with E-state index in [0.717, 1.165) is 47.1 Å². The number of pyridine rings is 1. The van der Waals surface area contributed by atoms with Gasteiger partial charge < -0.3 is 9.88 Å². The highest BCUT2D eigenvalue weighted by atomic mass is 35.5. The molecule has 0 unspecified atom stereocenters. The van der Waals surface area contributed by atoms with Crippen LogP contribution < -0.4 is 11.0 Å². The summed E-state index contributed by atoms with van der Waals surface area (Å²) in [5.41, 5.74) is 2.54. The minimum atomic E-state index is -2.88. The Kier molecular flexibility index (Phi) is 7.64. The molecule has 0 radical (unpaired) electrons. The number of benzene rings is 2. The predicted octanol–water partition coefficient (Wildman–Crippen LogP) is 6.17. The van der Waals surface area contributed by atoms with Gasteiger partial charge in [-0.2, -0.15) is 0 Å². The summed E-state index contributed by atoms with van der Waals surface area (Å²) in [5.74, 6) is 0.476. The summed E-state index contributed by atoms with van der Waals surface area (Å²) >= 11 is 5.91. The minimum absolute atomic E-state index is 0.107. The normalized spacial score (nSPS) is 17.2. The molecule has 216 valence electrons. The lowest BCUT2D eigenvalue weighted by Crippen LogP contribution is -2.39. The Morgan fingerprint density at radius 2 is 1.76 bits per heavy atom. The Hall–Kier alpha value is -4.31. The van der Waals surface area contributed by atoms with E-state index in [2.05, 4.69) is 15.3 Å². The molecule has 0 aliphatic heterocycles. The summed E-state index contributed by atoms with van der Waals surface area (Å²) in [7, 11) is 1.94. The molecule has 2 aromatic carbocycles. The van der Waals surface area contributed by atoms with Gasteiger partial charge in [-0.15, -0.1) is 0 Å². The number of aryl methyl sites for hydroxylation is 1. The smallest absolute Gasteiger partial charge is 0.333 e. The van der Waals surface area contributed by atoms with Crippen LogP contribution >= 0.6 is 11.6 Å². The monoisotopic (exact) mass is 590 g/mol. The maximum Gasteiger partial charge on any atom is 0.333 e. The van der Waals surface area contributed by atoms with Gasteiger partial charge in [-0.25, -0.2) is 18.6 Å². The van der Waals surface area contributed by atoms with Crippen LogP contribution in [0, 0.1) is 5.92 Å². The Balaban J connectivity index is 1.17. The zero-order valence-corrected chi connectivity index (χ0v) is 23.6. The summed E-state index contributed by atoms with van der Waals surface area (Å²) in [4.78, 5) is 34.6. The summed E-state index contributed by atoms with van der Waals surface area (Å²) in [6.45, 7) is 0.548. The third kappa shape index (κ3) is 5.34. The number of nitrogens with one attached hydrogen (secondary N) is 1. The van der Waals surface area contributed by atoms with Gasteiger partial charge in [0.05, 0.1) is 27.3 Å². The average molecular weight is 591 g/mol. The highest BCUT2D eigenvalue weighted by Gasteiger charge is 2.27. The van der Waals surface area contributed by atoms with Gasteiger partial charge in [-0.3, -0.25) is 18.9 Å². The Bertz CT molecular complexity index is 1800. The van der Waals surface area contributed by atoms with Crippen molar-refractivity contribution in [2.75, 3.05) is 0 Å². The third-order valence-corrected chi connectivity index (χ3v) is 8.21. The molecular formula is C31H29ClF2N6O2. The Morgan fingerprint density at radius 1 is 1.05 bits per heavy atom. The molecule has 0 saturated heterocycles. The summed E-state index contributed by atoms with van der Waals surface area (Å²) in [5, 5.41) is 3.00. The molecule has 0 bridgehead atoms. The van der Waals surface area contributed by atoms with E-state index in [1.54, 1.807) is 10.8 Å². The van der Waals surface area contributed by atoms with Crippen molar-refractivity contribution in [2.24, 2.45) is 13.0 Å². The lowest BCUT2D eigenvalue weighted by atomic mass is 9.85. The molecule has 0 atom stereocenters. The molecular weight excluding hydrogens is 562 g/mol. The summed E-state index contributed by atoms with van der Waals surface area (Å²) in [6, 6.07) is 16.6. The third-order valence-electron chi connectivity index (χ3n) is 8.00. The van der Waals surface area contributed by atoms with Gasteiger partial charge in [0.2, 0.25) is 0 Å². The van der Waals surface area contributed by atoms with Crippen molar-refractivity contribution in [3.8, 4) is 17.1 Å². The van der Waals surface area contributed by atoms with E-state index in [-0.39, 0.29) is 28.2 Å². The molecule has 1 fully saturated rings. The molecule has 1 saturated carbocycles. The summed E-state index contributed by atoms with van der Waals surface area (Å²) < 4.78 is 32.3. The molecule has 1 N–H and O–H groups in total. The molecule has 1 aliphatic carbocycles. The number of rotatable bonds is 7. The second kappa shape index (κ2) is 11.5. The number of carbonyl (C=O) groups is 1. The topological polar surface area (TPSA) is 86.7 Å². The van der Waals surface area contributed by atoms with E-state index < -0.39 is 18.0 Å². The number of nitrogens with zero attached hydrogens (tertiary/aromatic N) is 5. The van der Waals surface area contributed by atoms with Gasteiger partial charge >= 0.3 is 5.69 Å². The largest absolute Gasteiger partial charge is 0.349 e. The van der Waals surface area contributed by atoms with Crippen molar-refractivity contribution in [2.45, 2.75) is 44.7 Å². The van der Waals surface area contributed by atoms with Crippen LogP contribution in [0.2, 0.25) is 5.02 Å². The number of amides is 1. The highest BCUT2D eigenvalue weighted by Crippen LogP contribution is 2.29. The molecule has 3 heterocycles. The molecule has 3 aromatic heterocycles. The SMILES string of the molecule is Cn1ccnc1-c1ccc(-n2c(=O)n(C[C@H]3CC[C@H](NC(=O)c4cc(Cl)cnc4C(F)F)CC3)c3ccccc32)cc1. The van der Waals surface area contributed by atoms with Gasteiger partial charge in [-0.05, 0) is 74.1 Å². The number of alkyl halides is 2. The lowest BCUT2D eigenvalue weighted by molar-refractivity contribution is 0.0904. The number of halogens is 3. The fraction of sp³-hybridized carbons (Fsp3) is 0.290. The number of hydrogen-bond donors (Lipinski definition) is 1. The van der Waals surface area contributed by atoms with Crippen LogP contribution in [-0.4, -0.2) is 35.6 Å². The fourth-order valence-electron chi connectivity index (χ4n) is 5.85. The van der Waals surface area contributed by atoms with Crippen molar-refractivity contribution < 1.29 is 13.6 Å². The second-order valence-electron chi connectivity index (χ2n) is 10.7. The average Bonchev–Trinajstić information content (AvgIpc) is 3.54. The van der Waals surface area contributed by atoms with E-state index in [4.69, 9.17) is 11.6 Å². The predicted molar refractivity (Wildman–Crippen MR) is 157 cm³/mol. The van der Waals surface area contributed by atoms with Crippen molar-refractivity contribution in [3.05, 3.63) is 100.0 Å². The number of imidazole rings is 2. The van der Waals surface area contributed by atoms with Crippen LogP contribution in [0.5, 0.6) is 0 Å². The molecule has 1 aliphatic rings. The highest BCUT2D eigenvalue weighted by molar-refractivity contribution is 6.30. The van der Waals surface area contributed by atoms with Crippen molar-refractivity contribution in [1.29, 1.82) is 0 Å².